The Kier molecular flexibility index (Phi) is 3.99. The molecule has 0 fully saturated rings. The lowest BCUT2D eigenvalue weighted by molar-refractivity contribution is 0.0557. The molecule has 0 aromatic rings. The van der Waals surface area contributed by atoms with Gasteiger partial charge in [-0.25, -0.2) is 4.79 Å². The second kappa shape index (κ2) is 4.27. The summed E-state index contributed by atoms with van der Waals surface area (Å²) in [4.78, 5) is 10.3. The monoisotopic (exact) mass is 177 g/mol. The van der Waals surface area contributed by atoms with Crippen LogP contribution in [0.2, 0.25) is 0 Å². The molecule has 0 bridgehead atoms. The van der Waals surface area contributed by atoms with E-state index in [-0.39, 0.29) is 5.92 Å². The molecule has 5 nitrogen and oxygen atoms in total. The van der Waals surface area contributed by atoms with E-state index in [2.05, 4.69) is 5.32 Å². The van der Waals surface area contributed by atoms with Crippen LogP contribution >= 0.6 is 0 Å². The van der Waals surface area contributed by atoms with Crippen molar-refractivity contribution in [1.29, 1.82) is 0 Å². The fourth-order valence-corrected chi connectivity index (χ4v) is 0.852. The summed E-state index contributed by atoms with van der Waals surface area (Å²) in [5, 5.41) is 28.4. The molecule has 5 heteroatoms. The fourth-order valence-electron chi connectivity index (χ4n) is 0.852. The fraction of sp³-hybridized carbons (Fsp3) is 0.857. The van der Waals surface area contributed by atoms with Gasteiger partial charge in [0.2, 0.25) is 0 Å². The SMILES string of the molecule is CC(C)C(CO)(CO)NC(=O)O. The third kappa shape index (κ3) is 2.35. The van der Waals surface area contributed by atoms with Crippen molar-refractivity contribution in [3.05, 3.63) is 0 Å². The van der Waals surface area contributed by atoms with Gasteiger partial charge in [0.1, 0.15) is 0 Å². The van der Waals surface area contributed by atoms with Gasteiger partial charge in [-0.2, -0.15) is 0 Å². The van der Waals surface area contributed by atoms with E-state index in [0.29, 0.717) is 0 Å². The van der Waals surface area contributed by atoms with Gasteiger partial charge >= 0.3 is 6.09 Å². The van der Waals surface area contributed by atoms with Gasteiger partial charge in [0.15, 0.2) is 0 Å². The maximum absolute atomic E-state index is 10.3. The zero-order valence-corrected chi connectivity index (χ0v) is 7.24. The van der Waals surface area contributed by atoms with Crippen LogP contribution in [0.25, 0.3) is 0 Å². The van der Waals surface area contributed by atoms with Crippen molar-refractivity contribution in [3.8, 4) is 0 Å². The van der Waals surface area contributed by atoms with E-state index >= 15 is 0 Å². The zero-order chi connectivity index (χ0) is 9.78. The summed E-state index contributed by atoms with van der Waals surface area (Å²) in [7, 11) is 0. The number of rotatable bonds is 4. The van der Waals surface area contributed by atoms with Crippen LogP contribution in [0.3, 0.4) is 0 Å². The maximum Gasteiger partial charge on any atom is 0.405 e. The zero-order valence-electron chi connectivity index (χ0n) is 7.24. The molecule has 0 radical (unpaired) electrons. The number of carboxylic acid groups (broad SMARTS) is 1. The Morgan fingerprint density at radius 2 is 1.83 bits per heavy atom. The summed E-state index contributed by atoms with van der Waals surface area (Å²) in [5.41, 5.74) is -1.13. The molecule has 1 amide bonds. The van der Waals surface area contributed by atoms with Gasteiger partial charge in [0.25, 0.3) is 0 Å². The third-order valence-electron chi connectivity index (χ3n) is 2.03. The van der Waals surface area contributed by atoms with E-state index in [1.54, 1.807) is 13.8 Å². The van der Waals surface area contributed by atoms with Crippen molar-refractivity contribution in [2.75, 3.05) is 13.2 Å². The smallest absolute Gasteiger partial charge is 0.405 e. The van der Waals surface area contributed by atoms with Crippen LogP contribution in [0.15, 0.2) is 0 Å². The highest BCUT2D eigenvalue weighted by Crippen LogP contribution is 2.15. The van der Waals surface area contributed by atoms with Crippen molar-refractivity contribution in [2.45, 2.75) is 19.4 Å². The first kappa shape index (κ1) is 11.2. The Balaban J connectivity index is 4.46. The van der Waals surface area contributed by atoms with E-state index < -0.39 is 24.8 Å². The molecule has 0 aromatic carbocycles. The van der Waals surface area contributed by atoms with Crippen molar-refractivity contribution in [2.24, 2.45) is 5.92 Å². The van der Waals surface area contributed by atoms with Gasteiger partial charge in [-0.3, -0.25) is 0 Å². The van der Waals surface area contributed by atoms with Crippen molar-refractivity contribution in [1.82, 2.24) is 5.32 Å². The highest BCUT2D eigenvalue weighted by Gasteiger charge is 2.34. The summed E-state index contributed by atoms with van der Waals surface area (Å²) in [6.45, 7) is 2.63. The lowest BCUT2D eigenvalue weighted by Gasteiger charge is -2.33. The second-order valence-electron chi connectivity index (χ2n) is 3.06. The highest BCUT2D eigenvalue weighted by atomic mass is 16.4. The average molecular weight is 177 g/mol. The quantitative estimate of drug-likeness (QED) is 0.472. The van der Waals surface area contributed by atoms with Gasteiger partial charge in [-0.15, -0.1) is 0 Å². The van der Waals surface area contributed by atoms with Crippen molar-refractivity contribution >= 4 is 6.09 Å². The number of hydrogen-bond acceptors (Lipinski definition) is 3. The molecule has 0 spiro atoms. The minimum absolute atomic E-state index is 0.163. The van der Waals surface area contributed by atoms with Crippen molar-refractivity contribution in [3.63, 3.8) is 0 Å². The second-order valence-corrected chi connectivity index (χ2v) is 3.06. The maximum atomic E-state index is 10.3. The molecule has 0 unspecified atom stereocenters. The minimum atomic E-state index is -1.24. The van der Waals surface area contributed by atoms with E-state index in [1.807, 2.05) is 0 Å². The first-order valence-electron chi connectivity index (χ1n) is 3.71. The summed E-state index contributed by atoms with van der Waals surface area (Å²) in [6.07, 6.45) is -1.24. The van der Waals surface area contributed by atoms with Crippen LogP contribution in [-0.4, -0.2) is 40.2 Å². The largest absolute Gasteiger partial charge is 0.465 e. The lowest BCUT2D eigenvalue weighted by atomic mass is 9.88. The Morgan fingerprint density at radius 1 is 1.42 bits per heavy atom. The summed E-state index contributed by atoms with van der Waals surface area (Å²) >= 11 is 0. The van der Waals surface area contributed by atoms with E-state index in [4.69, 9.17) is 15.3 Å². The van der Waals surface area contributed by atoms with Gasteiger partial charge in [0.05, 0.1) is 18.8 Å². The molecule has 0 rings (SSSR count). The lowest BCUT2D eigenvalue weighted by Crippen LogP contribution is -2.57. The molecule has 72 valence electrons. The molecule has 0 aliphatic rings. The molecule has 0 heterocycles. The van der Waals surface area contributed by atoms with Crippen LogP contribution in [0.1, 0.15) is 13.8 Å². The highest BCUT2D eigenvalue weighted by molar-refractivity contribution is 5.65. The summed E-state index contributed by atoms with van der Waals surface area (Å²) < 4.78 is 0. The predicted molar refractivity (Wildman–Crippen MR) is 42.9 cm³/mol. The Morgan fingerprint density at radius 3 is 1.92 bits per heavy atom. The molecule has 0 aliphatic heterocycles. The van der Waals surface area contributed by atoms with Gasteiger partial charge < -0.3 is 20.6 Å². The minimum Gasteiger partial charge on any atom is -0.465 e. The number of aliphatic hydroxyl groups excluding tert-OH is 2. The number of amides is 1. The molecule has 0 saturated carbocycles. The number of hydrogen-bond donors (Lipinski definition) is 4. The molecule has 4 N–H and O–H groups in total. The normalized spacial score (nSPS) is 11.8. The Hall–Kier alpha value is -0.810. The first-order valence-corrected chi connectivity index (χ1v) is 3.71. The van der Waals surface area contributed by atoms with E-state index in [9.17, 15) is 4.79 Å². The first-order chi connectivity index (χ1) is 5.48. The van der Waals surface area contributed by atoms with E-state index in [0.717, 1.165) is 0 Å². The van der Waals surface area contributed by atoms with Gasteiger partial charge in [-0.05, 0) is 5.92 Å². The predicted octanol–water partition coefficient (Wildman–Crippen LogP) is -0.367. The van der Waals surface area contributed by atoms with Gasteiger partial charge in [0, 0.05) is 0 Å². The van der Waals surface area contributed by atoms with Crippen LogP contribution < -0.4 is 5.32 Å². The molecule has 0 atom stereocenters. The number of nitrogens with one attached hydrogen (secondary N) is 1. The molecule has 0 aliphatic carbocycles. The average Bonchev–Trinajstić information content (AvgIpc) is 1.99. The number of carbonyl (C=O) groups is 1. The molecular formula is C7H15NO4. The molecule has 0 aromatic heterocycles. The standard InChI is InChI=1S/C7H15NO4/c1-5(2)7(3-9,4-10)8-6(11)12/h5,8-10H,3-4H2,1-2H3,(H,11,12). The number of aliphatic hydroxyl groups is 2. The molecular weight excluding hydrogens is 162 g/mol. The Bertz CT molecular complexity index is 153. The summed E-state index contributed by atoms with van der Waals surface area (Å²) in [5.74, 6) is -0.163. The van der Waals surface area contributed by atoms with Crippen molar-refractivity contribution < 1.29 is 20.1 Å². The van der Waals surface area contributed by atoms with Gasteiger partial charge in [-0.1, -0.05) is 13.8 Å². The Labute approximate surface area is 71.0 Å². The summed E-state index contributed by atoms with van der Waals surface area (Å²) in [6, 6.07) is 0. The van der Waals surface area contributed by atoms with Crippen LogP contribution in [0.4, 0.5) is 4.79 Å². The van der Waals surface area contributed by atoms with E-state index in [1.165, 1.54) is 0 Å². The molecule has 0 saturated heterocycles. The van der Waals surface area contributed by atoms with Crippen LogP contribution in [0.5, 0.6) is 0 Å². The molecule has 12 heavy (non-hydrogen) atoms. The topological polar surface area (TPSA) is 89.8 Å². The third-order valence-corrected chi connectivity index (χ3v) is 2.03. The van der Waals surface area contributed by atoms with Crippen LogP contribution in [0, 0.1) is 5.92 Å². The van der Waals surface area contributed by atoms with Crippen LogP contribution in [-0.2, 0) is 0 Å².